The molecule has 0 bridgehead atoms. The van der Waals surface area contributed by atoms with Gasteiger partial charge in [-0.3, -0.25) is 0 Å². The molecule has 5 nitrogen and oxygen atoms in total. The summed E-state index contributed by atoms with van der Waals surface area (Å²) in [5.74, 6) is 10.6. The van der Waals surface area contributed by atoms with E-state index < -0.39 is 0 Å². The molecule has 1 aromatic heterocycles. The molecule has 108 valence electrons. The maximum absolute atomic E-state index is 5.62. The molecule has 4 N–H and O–H groups in total. The molecule has 20 heavy (non-hydrogen) atoms. The van der Waals surface area contributed by atoms with Crippen molar-refractivity contribution in [3.8, 4) is 0 Å². The Bertz CT molecular complexity index is 505. The van der Waals surface area contributed by atoms with Gasteiger partial charge in [0.1, 0.15) is 17.5 Å². The molecule has 0 radical (unpaired) electrons. The van der Waals surface area contributed by atoms with Crippen molar-refractivity contribution < 1.29 is 0 Å². The third kappa shape index (κ3) is 2.35. The van der Waals surface area contributed by atoms with E-state index in [1.807, 2.05) is 6.92 Å². The van der Waals surface area contributed by atoms with E-state index in [0.717, 1.165) is 34.9 Å². The summed E-state index contributed by atoms with van der Waals surface area (Å²) in [4.78, 5) is 9.34. The summed E-state index contributed by atoms with van der Waals surface area (Å²) in [7, 11) is 0. The minimum absolute atomic E-state index is 0.545. The van der Waals surface area contributed by atoms with E-state index in [1.54, 1.807) is 0 Å². The molecule has 1 heterocycles. The monoisotopic (exact) mass is 273 g/mol. The van der Waals surface area contributed by atoms with Crippen LogP contribution in [0.5, 0.6) is 0 Å². The van der Waals surface area contributed by atoms with Crippen LogP contribution in [-0.2, 0) is 0 Å². The van der Waals surface area contributed by atoms with Gasteiger partial charge < -0.3 is 10.7 Å². The minimum Gasteiger partial charge on any atom is -0.366 e. The molecule has 0 saturated heterocycles. The lowest BCUT2D eigenvalue weighted by Crippen LogP contribution is -2.26. The van der Waals surface area contributed by atoms with Crippen LogP contribution < -0.4 is 16.6 Å². The van der Waals surface area contributed by atoms with Gasteiger partial charge in [0.2, 0.25) is 0 Å². The summed E-state index contributed by atoms with van der Waals surface area (Å²) in [5.41, 5.74) is 3.78. The zero-order valence-electron chi connectivity index (χ0n) is 12.0. The van der Waals surface area contributed by atoms with E-state index in [0.29, 0.717) is 12.0 Å². The average molecular weight is 273 g/mol. The second-order valence-electron chi connectivity index (χ2n) is 6.67. The Morgan fingerprint density at radius 1 is 1.00 bits per heavy atom. The van der Waals surface area contributed by atoms with Crippen molar-refractivity contribution in [1.29, 1.82) is 0 Å². The molecule has 3 fully saturated rings. The number of hydrogen-bond acceptors (Lipinski definition) is 5. The number of hydrogen-bond donors (Lipinski definition) is 3. The molecule has 0 amide bonds. The van der Waals surface area contributed by atoms with Gasteiger partial charge in [-0.2, -0.15) is 0 Å². The standard InChI is InChI=1S/C15H23N5/c1-8-13(17-12(9-2-3-9)10-4-5-10)18-15(11-6-7-11)19-14(8)20-16/h9-12H,2-7,16H2,1H3,(H2,17,18,19,20). The predicted octanol–water partition coefficient (Wildman–Crippen LogP) is 2.55. The van der Waals surface area contributed by atoms with Crippen molar-refractivity contribution in [2.45, 2.75) is 57.4 Å². The van der Waals surface area contributed by atoms with Crippen LogP contribution in [0.4, 0.5) is 11.6 Å². The van der Waals surface area contributed by atoms with Gasteiger partial charge in [0, 0.05) is 17.5 Å². The molecule has 4 rings (SSSR count). The number of nitrogen functional groups attached to an aromatic ring is 1. The lowest BCUT2D eigenvalue weighted by molar-refractivity contribution is 0.564. The number of hydrazine groups is 1. The van der Waals surface area contributed by atoms with Gasteiger partial charge >= 0.3 is 0 Å². The van der Waals surface area contributed by atoms with E-state index >= 15 is 0 Å². The largest absolute Gasteiger partial charge is 0.366 e. The quantitative estimate of drug-likeness (QED) is 0.548. The molecule has 3 saturated carbocycles. The first kappa shape index (κ1) is 12.4. The fourth-order valence-corrected chi connectivity index (χ4v) is 3.03. The number of anilines is 2. The topological polar surface area (TPSA) is 75.9 Å². The van der Waals surface area contributed by atoms with Gasteiger partial charge in [-0.1, -0.05) is 0 Å². The molecular formula is C15H23N5. The minimum atomic E-state index is 0.545. The van der Waals surface area contributed by atoms with Crippen molar-refractivity contribution >= 4 is 11.6 Å². The fourth-order valence-electron chi connectivity index (χ4n) is 3.03. The highest BCUT2D eigenvalue weighted by molar-refractivity contribution is 5.57. The van der Waals surface area contributed by atoms with Crippen molar-refractivity contribution in [2.24, 2.45) is 17.7 Å². The second kappa shape index (κ2) is 4.58. The molecule has 3 aliphatic rings. The Hall–Kier alpha value is -1.36. The van der Waals surface area contributed by atoms with Gasteiger partial charge in [0.15, 0.2) is 0 Å². The number of nitrogens with two attached hydrogens (primary N) is 1. The van der Waals surface area contributed by atoms with Gasteiger partial charge in [0.05, 0.1) is 0 Å². The fraction of sp³-hybridized carbons (Fsp3) is 0.733. The third-order valence-electron chi connectivity index (χ3n) is 4.81. The molecule has 0 aromatic carbocycles. The Balaban J connectivity index is 1.62. The molecule has 0 aliphatic heterocycles. The van der Waals surface area contributed by atoms with E-state index in [4.69, 9.17) is 10.8 Å². The molecule has 0 unspecified atom stereocenters. The molecule has 3 aliphatic carbocycles. The Labute approximate surface area is 119 Å². The highest BCUT2D eigenvalue weighted by atomic mass is 15.3. The highest BCUT2D eigenvalue weighted by Gasteiger charge is 2.42. The Morgan fingerprint density at radius 3 is 2.10 bits per heavy atom. The van der Waals surface area contributed by atoms with Crippen LogP contribution in [0.1, 0.15) is 55.8 Å². The van der Waals surface area contributed by atoms with Crippen molar-refractivity contribution in [3.05, 3.63) is 11.4 Å². The van der Waals surface area contributed by atoms with Gasteiger partial charge in [-0.05, 0) is 57.3 Å². The van der Waals surface area contributed by atoms with Crippen molar-refractivity contribution in [2.75, 3.05) is 10.7 Å². The molecular weight excluding hydrogens is 250 g/mol. The number of nitrogens with one attached hydrogen (secondary N) is 2. The number of aromatic nitrogens is 2. The SMILES string of the molecule is Cc1c(NN)nc(C2CC2)nc1NC(C1CC1)C1CC1. The first-order valence-electron chi connectivity index (χ1n) is 7.88. The van der Waals surface area contributed by atoms with E-state index in [-0.39, 0.29) is 0 Å². The van der Waals surface area contributed by atoms with Crippen LogP contribution in [0.25, 0.3) is 0 Å². The van der Waals surface area contributed by atoms with E-state index in [2.05, 4.69) is 15.7 Å². The number of nitrogens with zero attached hydrogens (tertiary/aromatic N) is 2. The van der Waals surface area contributed by atoms with Gasteiger partial charge in [-0.25, -0.2) is 15.8 Å². The molecule has 0 atom stereocenters. The summed E-state index contributed by atoms with van der Waals surface area (Å²) < 4.78 is 0. The Kier molecular flexibility index (Phi) is 2.84. The lowest BCUT2D eigenvalue weighted by atomic mass is 10.1. The van der Waals surface area contributed by atoms with E-state index in [9.17, 15) is 0 Å². The van der Waals surface area contributed by atoms with Gasteiger partial charge in [0.25, 0.3) is 0 Å². The summed E-state index contributed by atoms with van der Waals surface area (Å²) in [5, 5.41) is 3.72. The summed E-state index contributed by atoms with van der Waals surface area (Å²) in [6.45, 7) is 2.05. The first-order chi connectivity index (χ1) is 9.76. The van der Waals surface area contributed by atoms with E-state index in [1.165, 1.54) is 38.5 Å². The maximum atomic E-state index is 5.62. The van der Waals surface area contributed by atoms with Crippen molar-refractivity contribution in [3.63, 3.8) is 0 Å². The summed E-state index contributed by atoms with van der Waals surface area (Å²) in [6.07, 6.45) is 7.90. The van der Waals surface area contributed by atoms with Gasteiger partial charge in [-0.15, -0.1) is 0 Å². The average Bonchev–Trinajstić information content (AvgIpc) is 3.30. The third-order valence-corrected chi connectivity index (χ3v) is 4.81. The molecule has 1 aromatic rings. The van der Waals surface area contributed by atoms with Crippen LogP contribution in [0.3, 0.4) is 0 Å². The molecule has 0 spiro atoms. The summed E-state index contributed by atoms with van der Waals surface area (Å²) in [6, 6.07) is 0.612. The Morgan fingerprint density at radius 2 is 1.60 bits per heavy atom. The lowest BCUT2D eigenvalue weighted by Gasteiger charge is -2.21. The van der Waals surface area contributed by atoms with Crippen LogP contribution in [0, 0.1) is 18.8 Å². The molecule has 5 heteroatoms. The van der Waals surface area contributed by atoms with Crippen LogP contribution in [0.2, 0.25) is 0 Å². The highest BCUT2D eigenvalue weighted by Crippen LogP contribution is 2.46. The zero-order valence-corrected chi connectivity index (χ0v) is 12.0. The van der Waals surface area contributed by atoms with Crippen LogP contribution in [0.15, 0.2) is 0 Å². The first-order valence-corrected chi connectivity index (χ1v) is 7.88. The predicted molar refractivity (Wildman–Crippen MR) is 79.4 cm³/mol. The van der Waals surface area contributed by atoms with Crippen molar-refractivity contribution in [1.82, 2.24) is 9.97 Å². The number of rotatable bonds is 6. The summed E-state index contributed by atoms with van der Waals surface area (Å²) >= 11 is 0. The van der Waals surface area contributed by atoms with Crippen LogP contribution >= 0.6 is 0 Å². The normalized spacial score (nSPS) is 22.1. The maximum Gasteiger partial charge on any atom is 0.148 e. The zero-order chi connectivity index (χ0) is 13.7. The van der Waals surface area contributed by atoms with Crippen LogP contribution in [-0.4, -0.2) is 16.0 Å². The second-order valence-corrected chi connectivity index (χ2v) is 6.67. The smallest absolute Gasteiger partial charge is 0.148 e.